The average Bonchev–Trinajstić information content (AvgIpc) is 2.53. The van der Waals surface area contributed by atoms with Crippen molar-refractivity contribution in [1.82, 2.24) is 0 Å². The van der Waals surface area contributed by atoms with Crippen LogP contribution in [0.4, 0.5) is 5.69 Å². The molecule has 0 spiro atoms. The summed E-state index contributed by atoms with van der Waals surface area (Å²) in [6.45, 7) is -0.368. The quantitative estimate of drug-likeness (QED) is 0.666. The molecular formula is C16H14ClNO3S. The van der Waals surface area contributed by atoms with Gasteiger partial charge < -0.3 is 10.1 Å². The first-order chi connectivity index (χ1) is 10.6. The summed E-state index contributed by atoms with van der Waals surface area (Å²) in [5, 5.41) is 2.97. The molecule has 0 heterocycles. The van der Waals surface area contributed by atoms with E-state index in [0.717, 1.165) is 4.90 Å². The van der Waals surface area contributed by atoms with Gasteiger partial charge in [-0.2, -0.15) is 0 Å². The average molecular weight is 336 g/mol. The van der Waals surface area contributed by atoms with E-state index in [1.54, 1.807) is 42.1 Å². The normalized spacial score (nSPS) is 10.1. The van der Waals surface area contributed by atoms with Crippen LogP contribution in [0, 0.1) is 0 Å². The number of nitrogens with one attached hydrogen (secondary N) is 1. The second-order valence-corrected chi connectivity index (χ2v) is 5.62. The smallest absolute Gasteiger partial charge is 0.340 e. The van der Waals surface area contributed by atoms with Crippen molar-refractivity contribution in [2.24, 2.45) is 0 Å². The lowest BCUT2D eigenvalue weighted by Gasteiger charge is -2.08. The molecule has 0 atom stereocenters. The van der Waals surface area contributed by atoms with Gasteiger partial charge in [-0.15, -0.1) is 11.8 Å². The lowest BCUT2D eigenvalue weighted by atomic mass is 10.2. The summed E-state index contributed by atoms with van der Waals surface area (Å²) in [4.78, 5) is 24.7. The third-order valence-electron chi connectivity index (χ3n) is 2.78. The highest BCUT2D eigenvalue weighted by Crippen LogP contribution is 2.19. The molecule has 0 aliphatic rings. The zero-order valence-corrected chi connectivity index (χ0v) is 13.4. The number of hydrogen-bond donors (Lipinski definition) is 1. The van der Waals surface area contributed by atoms with E-state index in [2.05, 4.69) is 5.32 Å². The van der Waals surface area contributed by atoms with Crippen LogP contribution in [0.3, 0.4) is 0 Å². The van der Waals surface area contributed by atoms with E-state index in [1.807, 2.05) is 24.5 Å². The molecule has 0 aromatic heterocycles. The maximum absolute atomic E-state index is 11.8. The highest BCUT2D eigenvalue weighted by molar-refractivity contribution is 7.98. The van der Waals surface area contributed by atoms with E-state index in [9.17, 15) is 9.59 Å². The second-order valence-electron chi connectivity index (χ2n) is 4.34. The molecule has 0 aliphatic carbocycles. The van der Waals surface area contributed by atoms with E-state index < -0.39 is 11.9 Å². The van der Waals surface area contributed by atoms with Crippen LogP contribution in [0.25, 0.3) is 0 Å². The third kappa shape index (κ3) is 4.51. The molecule has 0 saturated carbocycles. The molecule has 0 fully saturated rings. The first kappa shape index (κ1) is 16.4. The van der Waals surface area contributed by atoms with Crippen LogP contribution in [0.5, 0.6) is 0 Å². The Morgan fingerprint density at radius 2 is 1.95 bits per heavy atom. The minimum absolute atomic E-state index is 0.237. The zero-order chi connectivity index (χ0) is 15.9. The molecule has 1 N–H and O–H groups in total. The lowest BCUT2D eigenvalue weighted by molar-refractivity contribution is -0.119. The Balaban J connectivity index is 1.90. The lowest BCUT2D eigenvalue weighted by Crippen LogP contribution is -2.21. The standard InChI is InChI=1S/C16H14ClNO3S/c1-22-12-6-4-5-11(9-12)18-15(19)10-21-16(20)13-7-2-3-8-14(13)17/h2-9H,10H2,1H3,(H,18,19). The molecular weight excluding hydrogens is 322 g/mol. The number of halogens is 1. The predicted molar refractivity (Wildman–Crippen MR) is 88.6 cm³/mol. The first-order valence-corrected chi connectivity index (χ1v) is 8.06. The monoisotopic (exact) mass is 335 g/mol. The number of esters is 1. The summed E-state index contributed by atoms with van der Waals surface area (Å²) in [5.74, 6) is -1.03. The van der Waals surface area contributed by atoms with Crippen LogP contribution in [0.2, 0.25) is 5.02 Å². The van der Waals surface area contributed by atoms with Gasteiger partial charge in [-0.1, -0.05) is 29.8 Å². The number of carbonyl (C=O) groups is 2. The van der Waals surface area contributed by atoms with E-state index in [1.165, 1.54) is 0 Å². The maximum Gasteiger partial charge on any atom is 0.340 e. The largest absolute Gasteiger partial charge is 0.452 e. The number of amides is 1. The molecule has 114 valence electrons. The Bertz CT molecular complexity index is 691. The fraction of sp³-hybridized carbons (Fsp3) is 0.125. The van der Waals surface area contributed by atoms with Crippen LogP contribution in [-0.4, -0.2) is 24.7 Å². The number of carbonyl (C=O) groups excluding carboxylic acids is 2. The summed E-state index contributed by atoms with van der Waals surface area (Å²) in [7, 11) is 0. The van der Waals surface area contributed by atoms with Gasteiger partial charge in [0.2, 0.25) is 0 Å². The highest BCUT2D eigenvalue weighted by atomic mass is 35.5. The molecule has 0 unspecified atom stereocenters. The molecule has 4 nitrogen and oxygen atoms in total. The number of thioether (sulfide) groups is 1. The summed E-state index contributed by atoms with van der Waals surface area (Å²) < 4.78 is 4.96. The van der Waals surface area contributed by atoms with Gasteiger partial charge in [0.25, 0.3) is 5.91 Å². The SMILES string of the molecule is CSc1cccc(NC(=O)COC(=O)c2ccccc2Cl)c1. The topological polar surface area (TPSA) is 55.4 Å². The van der Waals surface area contributed by atoms with Gasteiger partial charge in [0, 0.05) is 10.6 Å². The molecule has 0 aliphatic heterocycles. The molecule has 2 aromatic carbocycles. The second kappa shape index (κ2) is 7.87. The Hall–Kier alpha value is -1.98. The fourth-order valence-corrected chi connectivity index (χ4v) is 2.41. The van der Waals surface area contributed by atoms with Gasteiger partial charge in [0.05, 0.1) is 10.6 Å². The van der Waals surface area contributed by atoms with Crippen molar-refractivity contribution < 1.29 is 14.3 Å². The van der Waals surface area contributed by atoms with Crippen molar-refractivity contribution in [3.05, 3.63) is 59.1 Å². The van der Waals surface area contributed by atoms with Gasteiger partial charge in [-0.05, 0) is 36.6 Å². The molecule has 0 radical (unpaired) electrons. The predicted octanol–water partition coefficient (Wildman–Crippen LogP) is 3.86. The van der Waals surface area contributed by atoms with Gasteiger partial charge in [0.15, 0.2) is 6.61 Å². The van der Waals surface area contributed by atoms with E-state index in [4.69, 9.17) is 16.3 Å². The minimum atomic E-state index is -0.626. The van der Waals surface area contributed by atoms with E-state index in [0.29, 0.717) is 10.7 Å². The van der Waals surface area contributed by atoms with Gasteiger partial charge in [-0.3, -0.25) is 4.79 Å². The summed E-state index contributed by atoms with van der Waals surface area (Å²) in [6, 6.07) is 13.9. The molecule has 2 aromatic rings. The molecule has 22 heavy (non-hydrogen) atoms. The number of benzene rings is 2. The molecule has 1 amide bonds. The fourth-order valence-electron chi connectivity index (χ4n) is 1.73. The third-order valence-corrected chi connectivity index (χ3v) is 3.84. The summed E-state index contributed by atoms with van der Waals surface area (Å²) in [5.41, 5.74) is 0.895. The van der Waals surface area contributed by atoms with Crippen molar-refractivity contribution in [2.75, 3.05) is 18.2 Å². The van der Waals surface area contributed by atoms with Gasteiger partial charge >= 0.3 is 5.97 Å². The Morgan fingerprint density at radius 3 is 2.68 bits per heavy atom. The van der Waals surface area contributed by atoms with Crippen molar-refractivity contribution >= 4 is 40.9 Å². The number of anilines is 1. The van der Waals surface area contributed by atoms with Crippen LogP contribution >= 0.6 is 23.4 Å². The van der Waals surface area contributed by atoms with E-state index in [-0.39, 0.29) is 12.2 Å². The Morgan fingerprint density at radius 1 is 1.18 bits per heavy atom. The highest BCUT2D eigenvalue weighted by Gasteiger charge is 2.13. The first-order valence-electron chi connectivity index (χ1n) is 6.45. The van der Waals surface area contributed by atoms with Crippen molar-refractivity contribution in [1.29, 1.82) is 0 Å². The van der Waals surface area contributed by atoms with Crippen molar-refractivity contribution in [3.63, 3.8) is 0 Å². The van der Waals surface area contributed by atoms with Crippen molar-refractivity contribution in [3.8, 4) is 0 Å². The number of rotatable bonds is 5. The van der Waals surface area contributed by atoms with Crippen LogP contribution in [-0.2, 0) is 9.53 Å². The number of hydrogen-bond acceptors (Lipinski definition) is 4. The van der Waals surface area contributed by atoms with Crippen molar-refractivity contribution in [2.45, 2.75) is 4.90 Å². The molecule has 0 saturated heterocycles. The Labute approximate surface area is 137 Å². The van der Waals surface area contributed by atoms with Gasteiger partial charge in [0.1, 0.15) is 0 Å². The number of ether oxygens (including phenoxy) is 1. The van der Waals surface area contributed by atoms with Crippen LogP contribution < -0.4 is 5.32 Å². The zero-order valence-electron chi connectivity index (χ0n) is 11.8. The van der Waals surface area contributed by atoms with Crippen LogP contribution in [0.15, 0.2) is 53.4 Å². The Kier molecular flexibility index (Phi) is 5.86. The van der Waals surface area contributed by atoms with Crippen LogP contribution in [0.1, 0.15) is 10.4 Å². The van der Waals surface area contributed by atoms with Gasteiger partial charge in [-0.25, -0.2) is 4.79 Å². The van der Waals surface area contributed by atoms with E-state index >= 15 is 0 Å². The summed E-state index contributed by atoms with van der Waals surface area (Å²) in [6.07, 6.45) is 1.95. The summed E-state index contributed by atoms with van der Waals surface area (Å²) >= 11 is 7.47. The minimum Gasteiger partial charge on any atom is -0.452 e. The maximum atomic E-state index is 11.8. The molecule has 2 rings (SSSR count). The molecule has 0 bridgehead atoms. The molecule has 6 heteroatoms.